The van der Waals surface area contributed by atoms with Gasteiger partial charge in [-0.05, 0) is 30.6 Å². The minimum Gasteiger partial charge on any atom is -0.0851 e. The standard InChI is InChI=1S/C10H15I/c1-10(2,11)9-6-7-3-4-8(9)5-7/h3-4,7-9H,5-6H2,1-2H3. The summed E-state index contributed by atoms with van der Waals surface area (Å²) >= 11 is 2.60. The molecule has 0 saturated heterocycles. The first-order valence-electron chi connectivity index (χ1n) is 4.44. The Balaban J connectivity index is 2.15. The third-order valence-corrected chi connectivity index (χ3v) is 3.96. The zero-order valence-electron chi connectivity index (χ0n) is 7.18. The van der Waals surface area contributed by atoms with Crippen LogP contribution in [-0.4, -0.2) is 3.42 Å². The lowest BCUT2D eigenvalue weighted by molar-refractivity contribution is 0.379. The van der Waals surface area contributed by atoms with Gasteiger partial charge in [0, 0.05) is 3.42 Å². The van der Waals surface area contributed by atoms with Gasteiger partial charge in [-0.25, -0.2) is 0 Å². The summed E-state index contributed by atoms with van der Waals surface area (Å²) in [7, 11) is 0. The fraction of sp³-hybridized carbons (Fsp3) is 0.800. The van der Waals surface area contributed by atoms with Gasteiger partial charge >= 0.3 is 0 Å². The Morgan fingerprint density at radius 1 is 1.27 bits per heavy atom. The van der Waals surface area contributed by atoms with Crippen LogP contribution in [0.25, 0.3) is 0 Å². The molecule has 0 nitrogen and oxygen atoms in total. The summed E-state index contributed by atoms with van der Waals surface area (Å²) in [6.07, 6.45) is 7.75. The van der Waals surface area contributed by atoms with E-state index in [2.05, 4.69) is 48.6 Å². The molecule has 2 aliphatic rings. The molecular weight excluding hydrogens is 247 g/mol. The van der Waals surface area contributed by atoms with Gasteiger partial charge in [0.25, 0.3) is 0 Å². The monoisotopic (exact) mass is 262 g/mol. The summed E-state index contributed by atoms with van der Waals surface area (Å²) in [5, 5.41) is 0. The first-order chi connectivity index (χ1) is 5.07. The van der Waals surface area contributed by atoms with Crippen molar-refractivity contribution in [3.05, 3.63) is 12.2 Å². The molecule has 3 atom stereocenters. The largest absolute Gasteiger partial charge is 0.0851 e. The Kier molecular flexibility index (Phi) is 1.82. The zero-order valence-corrected chi connectivity index (χ0v) is 9.34. The first-order valence-corrected chi connectivity index (χ1v) is 5.52. The molecule has 2 aliphatic carbocycles. The van der Waals surface area contributed by atoms with E-state index < -0.39 is 0 Å². The predicted molar refractivity (Wildman–Crippen MR) is 56.9 cm³/mol. The van der Waals surface area contributed by atoms with Crippen LogP contribution in [-0.2, 0) is 0 Å². The van der Waals surface area contributed by atoms with E-state index >= 15 is 0 Å². The van der Waals surface area contributed by atoms with Gasteiger partial charge in [-0.3, -0.25) is 0 Å². The van der Waals surface area contributed by atoms with Gasteiger partial charge < -0.3 is 0 Å². The lowest BCUT2D eigenvalue weighted by Gasteiger charge is -2.30. The van der Waals surface area contributed by atoms with Crippen LogP contribution >= 0.6 is 22.6 Å². The molecule has 0 aromatic carbocycles. The summed E-state index contributed by atoms with van der Waals surface area (Å²) < 4.78 is 0.502. The summed E-state index contributed by atoms with van der Waals surface area (Å²) in [6, 6.07) is 0. The molecule has 2 rings (SSSR count). The molecule has 3 unspecified atom stereocenters. The highest BCUT2D eigenvalue weighted by atomic mass is 127. The lowest BCUT2D eigenvalue weighted by Crippen LogP contribution is -2.27. The Labute approximate surface area is 82.6 Å². The summed E-state index contributed by atoms with van der Waals surface area (Å²) in [6.45, 7) is 4.74. The van der Waals surface area contributed by atoms with Crippen molar-refractivity contribution in [3.63, 3.8) is 0 Å². The third kappa shape index (κ3) is 1.36. The molecule has 1 fully saturated rings. The van der Waals surface area contributed by atoms with Crippen LogP contribution in [0.2, 0.25) is 0 Å². The molecule has 0 aromatic rings. The highest BCUT2D eigenvalue weighted by Crippen LogP contribution is 2.50. The number of fused-ring (bicyclic) bond motifs is 2. The molecule has 62 valence electrons. The molecular formula is C10H15I. The number of rotatable bonds is 1. The van der Waals surface area contributed by atoms with E-state index in [0.717, 1.165) is 17.8 Å². The van der Waals surface area contributed by atoms with Crippen molar-refractivity contribution < 1.29 is 0 Å². The van der Waals surface area contributed by atoms with Crippen molar-refractivity contribution in [1.29, 1.82) is 0 Å². The van der Waals surface area contributed by atoms with Crippen molar-refractivity contribution >= 4 is 22.6 Å². The third-order valence-electron chi connectivity index (χ3n) is 3.16. The van der Waals surface area contributed by atoms with Gasteiger partial charge in [-0.15, -0.1) is 0 Å². The van der Waals surface area contributed by atoms with Crippen molar-refractivity contribution in [3.8, 4) is 0 Å². The van der Waals surface area contributed by atoms with E-state index in [1.54, 1.807) is 0 Å². The maximum atomic E-state index is 2.60. The number of allylic oxidation sites excluding steroid dienone is 2. The van der Waals surface area contributed by atoms with Crippen molar-refractivity contribution in [2.45, 2.75) is 30.1 Å². The normalized spacial score (nSPS) is 41.9. The maximum absolute atomic E-state index is 2.60. The van der Waals surface area contributed by atoms with Crippen LogP contribution < -0.4 is 0 Å². The number of hydrogen-bond acceptors (Lipinski definition) is 0. The van der Waals surface area contributed by atoms with E-state index in [4.69, 9.17) is 0 Å². The quantitative estimate of drug-likeness (QED) is 0.386. The Morgan fingerprint density at radius 3 is 2.27 bits per heavy atom. The smallest absolute Gasteiger partial charge is 0.0200 e. The molecule has 0 amide bonds. The summed E-state index contributed by atoms with van der Waals surface area (Å²) in [5.74, 6) is 2.78. The molecule has 2 bridgehead atoms. The highest BCUT2D eigenvalue weighted by Gasteiger charge is 2.42. The second-order valence-electron chi connectivity index (χ2n) is 4.45. The van der Waals surface area contributed by atoms with E-state index in [1.165, 1.54) is 12.8 Å². The molecule has 0 heterocycles. The van der Waals surface area contributed by atoms with Crippen LogP contribution in [0.5, 0.6) is 0 Å². The molecule has 0 spiro atoms. The van der Waals surface area contributed by atoms with Crippen LogP contribution in [0.3, 0.4) is 0 Å². The average molecular weight is 262 g/mol. The van der Waals surface area contributed by atoms with Gasteiger partial charge in [0.05, 0.1) is 0 Å². The minimum atomic E-state index is 0.502. The lowest BCUT2D eigenvalue weighted by atomic mass is 9.84. The highest BCUT2D eigenvalue weighted by molar-refractivity contribution is 14.1. The van der Waals surface area contributed by atoms with E-state index in [0.29, 0.717) is 3.42 Å². The fourth-order valence-electron chi connectivity index (χ4n) is 2.57. The second kappa shape index (κ2) is 2.48. The molecule has 11 heavy (non-hydrogen) atoms. The van der Waals surface area contributed by atoms with Crippen molar-refractivity contribution in [2.24, 2.45) is 17.8 Å². The SMILES string of the molecule is CC(C)(I)C1CC2C=CC1C2. The summed E-state index contributed by atoms with van der Waals surface area (Å²) in [4.78, 5) is 0. The van der Waals surface area contributed by atoms with E-state index in [1.807, 2.05) is 0 Å². The number of hydrogen-bond donors (Lipinski definition) is 0. The Hall–Kier alpha value is 0.470. The number of halogens is 1. The van der Waals surface area contributed by atoms with Crippen LogP contribution in [0.1, 0.15) is 26.7 Å². The molecule has 0 aromatic heterocycles. The molecule has 0 N–H and O–H groups in total. The fourth-order valence-corrected chi connectivity index (χ4v) is 3.29. The predicted octanol–water partition coefficient (Wildman–Crippen LogP) is 3.41. The number of alkyl halides is 1. The Bertz CT molecular complexity index is 188. The topological polar surface area (TPSA) is 0 Å². The van der Waals surface area contributed by atoms with Gasteiger partial charge in [0.2, 0.25) is 0 Å². The zero-order chi connectivity index (χ0) is 8.06. The van der Waals surface area contributed by atoms with Gasteiger partial charge in [0.1, 0.15) is 0 Å². The minimum absolute atomic E-state index is 0.502. The van der Waals surface area contributed by atoms with Crippen molar-refractivity contribution in [2.75, 3.05) is 0 Å². The van der Waals surface area contributed by atoms with Crippen molar-refractivity contribution in [1.82, 2.24) is 0 Å². The van der Waals surface area contributed by atoms with Crippen LogP contribution in [0.15, 0.2) is 12.2 Å². The maximum Gasteiger partial charge on any atom is 0.0200 e. The molecule has 1 heteroatoms. The second-order valence-corrected chi connectivity index (χ2v) is 7.23. The molecule has 0 aliphatic heterocycles. The Morgan fingerprint density at radius 2 is 2.00 bits per heavy atom. The van der Waals surface area contributed by atoms with E-state index in [9.17, 15) is 0 Å². The van der Waals surface area contributed by atoms with Crippen LogP contribution in [0.4, 0.5) is 0 Å². The first kappa shape index (κ1) is 8.09. The van der Waals surface area contributed by atoms with Gasteiger partial charge in [-0.2, -0.15) is 0 Å². The molecule has 0 radical (unpaired) electrons. The van der Waals surface area contributed by atoms with Gasteiger partial charge in [0.15, 0.2) is 0 Å². The summed E-state index contributed by atoms with van der Waals surface area (Å²) in [5.41, 5.74) is 0. The van der Waals surface area contributed by atoms with E-state index in [-0.39, 0.29) is 0 Å². The van der Waals surface area contributed by atoms with Gasteiger partial charge in [-0.1, -0.05) is 48.6 Å². The molecule has 1 saturated carbocycles. The van der Waals surface area contributed by atoms with Crippen LogP contribution in [0, 0.1) is 17.8 Å². The average Bonchev–Trinajstić information content (AvgIpc) is 2.42.